The number of rotatable bonds is 9. The molecule has 2 aliphatic heterocycles. The number of Topliss-reactive ketones (excluding diaryl/α,β-unsaturated/α-hetero) is 2. The number of amides is 2. The third kappa shape index (κ3) is 6.29. The van der Waals surface area contributed by atoms with Crippen LogP contribution in [0.15, 0.2) is 18.2 Å². The van der Waals surface area contributed by atoms with E-state index in [9.17, 15) is 29.2 Å². The van der Waals surface area contributed by atoms with Gasteiger partial charge in [-0.3, -0.25) is 35.3 Å². The standard InChI is InChI=1S/C35H48N4O10/c1-31(2,3)48-29(43)23-11-9-13-38(23)24(40)18-46-21-15-20(28(36)37-45)16-22(17-21)47-19-25(41)39-14-10-12-34(39)27(42)26-33(7,8)35(26,30(34)44)49-32(4,5)6/h15-17,23,26,45H,9-14,18-19H2,1-8H3,(H2,36,37)/t23?,26?,34-,35+/m1/s1. The number of hydrogen-bond donors (Lipinski definition) is 3. The van der Waals surface area contributed by atoms with Gasteiger partial charge >= 0.3 is 5.97 Å². The lowest BCUT2D eigenvalue weighted by Gasteiger charge is -2.38. The summed E-state index contributed by atoms with van der Waals surface area (Å²) < 4.78 is 23.4. The van der Waals surface area contributed by atoms with Gasteiger partial charge in [0.2, 0.25) is 0 Å². The van der Waals surface area contributed by atoms with E-state index in [4.69, 9.17) is 24.4 Å². The molecule has 1 spiro atoms. The van der Waals surface area contributed by atoms with E-state index in [1.165, 1.54) is 28.0 Å². The Bertz CT molecular complexity index is 1580. The molecule has 4 aliphatic rings. The number of nitrogens with one attached hydrogen (secondary N) is 2. The maximum absolute atomic E-state index is 14.2. The molecule has 14 nitrogen and oxygen atoms in total. The van der Waals surface area contributed by atoms with Crippen molar-refractivity contribution in [1.82, 2.24) is 15.3 Å². The minimum atomic E-state index is -1.61. The number of benzene rings is 1. The first-order valence-electron chi connectivity index (χ1n) is 16.7. The zero-order chi connectivity index (χ0) is 36.3. The van der Waals surface area contributed by atoms with Crippen molar-refractivity contribution in [2.24, 2.45) is 11.3 Å². The van der Waals surface area contributed by atoms with Crippen molar-refractivity contribution in [2.75, 3.05) is 26.3 Å². The predicted octanol–water partition coefficient (Wildman–Crippen LogP) is 2.80. The van der Waals surface area contributed by atoms with Crippen LogP contribution < -0.4 is 15.0 Å². The summed E-state index contributed by atoms with van der Waals surface area (Å²) >= 11 is 0. The molecule has 0 aromatic heterocycles. The van der Waals surface area contributed by atoms with Gasteiger partial charge in [0.25, 0.3) is 11.8 Å². The maximum atomic E-state index is 14.2. The van der Waals surface area contributed by atoms with Crippen LogP contribution in [0.5, 0.6) is 11.5 Å². The molecule has 2 heterocycles. The van der Waals surface area contributed by atoms with E-state index in [2.05, 4.69) is 0 Å². The smallest absolute Gasteiger partial charge is 0.329 e. The summed E-state index contributed by atoms with van der Waals surface area (Å²) in [4.78, 5) is 70.4. The quantitative estimate of drug-likeness (QED) is 0.114. The highest BCUT2D eigenvalue weighted by Crippen LogP contribution is 2.73. The first-order chi connectivity index (χ1) is 22.7. The molecule has 4 atom stereocenters. The fourth-order valence-corrected chi connectivity index (χ4v) is 7.76. The van der Waals surface area contributed by atoms with Crippen LogP contribution in [0.25, 0.3) is 0 Å². The number of carbonyl (C=O) groups excluding carboxylic acids is 5. The highest BCUT2D eigenvalue weighted by molar-refractivity contribution is 6.29. The SMILES string of the molecule is CC(C)(C)OC(=O)C1CCCN1C(=O)COc1cc(OCC(=O)N2CCC[C@]23C(=O)C2C(C)(C)[C@@]2(OC(C)(C)C)C3=O)cc(C(=N)NO)c1. The van der Waals surface area contributed by atoms with Crippen LogP contribution in [0.1, 0.15) is 86.6 Å². The molecule has 2 saturated carbocycles. The van der Waals surface area contributed by atoms with Crippen molar-refractivity contribution in [1.29, 1.82) is 5.41 Å². The van der Waals surface area contributed by atoms with Crippen molar-refractivity contribution in [2.45, 2.75) is 109 Å². The monoisotopic (exact) mass is 684 g/mol. The molecule has 4 fully saturated rings. The molecular weight excluding hydrogens is 636 g/mol. The lowest BCUT2D eigenvalue weighted by atomic mass is 9.81. The van der Waals surface area contributed by atoms with Crippen LogP contribution in [0, 0.1) is 16.7 Å². The van der Waals surface area contributed by atoms with E-state index >= 15 is 0 Å². The van der Waals surface area contributed by atoms with Gasteiger partial charge in [0.15, 0.2) is 30.3 Å². The van der Waals surface area contributed by atoms with Gasteiger partial charge in [0.1, 0.15) is 34.6 Å². The lowest BCUT2D eigenvalue weighted by molar-refractivity contribution is -0.163. The number of esters is 1. The van der Waals surface area contributed by atoms with E-state index in [0.29, 0.717) is 25.8 Å². The number of likely N-dealkylation sites (tertiary alicyclic amines) is 2. The van der Waals surface area contributed by atoms with E-state index in [-0.39, 0.29) is 41.6 Å². The number of carbonyl (C=O) groups is 5. The normalized spacial score (nSPS) is 27.3. The van der Waals surface area contributed by atoms with Crippen LogP contribution in [-0.2, 0) is 33.4 Å². The molecule has 49 heavy (non-hydrogen) atoms. The molecule has 2 aliphatic carbocycles. The molecule has 5 rings (SSSR count). The lowest BCUT2D eigenvalue weighted by Crippen LogP contribution is -2.61. The van der Waals surface area contributed by atoms with Crippen LogP contribution in [0.4, 0.5) is 0 Å². The summed E-state index contributed by atoms with van der Waals surface area (Å²) in [6.45, 7) is 14.1. The molecule has 2 saturated heterocycles. The molecule has 1 aromatic rings. The summed E-state index contributed by atoms with van der Waals surface area (Å²) in [7, 11) is 0. The number of ketones is 2. The minimum Gasteiger partial charge on any atom is -0.484 e. The molecule has 14 heteroatoms. The highest BCUT2D eigenvalue weighted by Gasteiger charge is 2.90. The number of ether oxygens (including phenoxy) is 4. The summed E-state index contributed by atoms with van der Waals surface area (Å²) in [5, 5.41) is 17.4. The Morgan fingerprint density at radius 2 is 1.55 bits per heavy atom. The first kappa shape index (κ1) is 36.2. The number of fused-ring (bicyclic) bond motifs is 1. The predicted molar refractivity (Wildman–Crippen MR) is 174 cm³/mol. The topological polar surface area (TPSA) is 185 Å². The van der Waals surface area contributed by atoms with Gasteiger partial charge in [0, 0.05) is 30.1 Å². The zero-order valence-electron chi connectivity index (χ0n) is 29.6. The molecule has 0 bridgehead atoms. The fraction of sp³-hybridized carbons (Fsp3) is 0.657. The van der Waals surface area contributed by atoms with Crippen molar-refractivity contribution >= 4 is 35.2 Å². The fourth-order valence-electron chi connectivity index (χ4n) is 7.76. The van der Waals surface area contributed by atoms with Crippen LogP contribution in [0.3, 0.4) is 0 Å². The van der Waals surface area contributed by atoms with E-state index in [1.807, 2.05) is 34.6 Å². The Labute approximate surface area is 286 Å². The Hall–Kier alpha value is -4.04. The van der Waals surface area contributed by atoms with Gasteiger partial charge in [-0.15, -0.1) is 0 Å². The second-order valence-electron chi connectivity index (χ2n) is 15.8. The van der Waals surface area contributed by atoms with E-state index < -0.39 is 76.5 Å². The largest absolute Gasteiger partial charge is 0.484 e. The van der Waals surface area contributed by atoms with Gasteiger partial charge in [-0.2, -0.15) is 0 Å². The Morgan fingerprint density at radius 1 is 0.939 bits per heavy atom. The molecule has 1 aromatic carbocycles. The van der Waals surface area contributed by atoms with Crippen molar-refractivity contribution in [3.05, 3.63) is 23.8 Å². The molecule has 2 unspecified atom stereocenters. The van der Waals surface area contributed by atoms with Gasteiger partial charge < -0.3 is 28.7 Å². The summed E-state index contributed by atoms with van der Waals surface area (Å²) in [6.07, 6.45) is 1.79. The molecule has 3 N–H and O–H groups in total. The van der Waals surface area contributed by atoms with Crippen LogP contribution >= 0.6 is 0 Å². The van der Waals surface area contributed by atoms with E-state index in [1.54, 1.807) is 26.3 Å². The second kappa shape index (κ2) is 12.4. The third-order valence-corrected chi connectivity index (χ3v) is 9.79. The van der Waals surface area contributed by atoms with Gasteiger partial charge in [-0.25, -0.2) is 4.79 Å². The zero-order valence-corrected chi connectivity index (χ0v) is 29.6. The number of nitrogens with zero attached hydrogens (tertiary/aromatic N) is 2. The second-order valence-corrected chi connectivity index (χ2v) is 15.8. The summed E-state index contributed by atoms with van der Waals surface area (Å²) in [5.74, 6) is -3.04. The average molecular weight is 685 g/mol. The van der Waals surface area contributed by atoms with Gasteiger partial charge in [0.05, 0.1) is 11.5 Å². The third-order valence-electron chi connectivity index (χ3n) is 9.79. The molecule has 2 amide bonds. The van der Waals surface area contributed by atoms with Crippen molar-refractivity contribution in [3.8, 4) is 11.5 Å². The Kier molecular flexibility index (Phi) is 9.16. The van der Waals surface area contributed by atoms with Crippen LogP contribution in [-0.4, -0.2) is 105 Å². The van der Waals surface area contributed by atoms with Gasteiger partial charge in [-0.1, -0.05) is 13.8 Å². The molecule has 0 radical (unpaired) electrons. The van der Waals surface area contributed by atoms with Crippen LogP contribution in [0.2, 0.25) is 0 Å². The average Bonchev–Trinajstić information content (AvgIpc) is 3.51. The summed E-state index contributed by atoms with van der Waals surface area (Å²) in [6, 6.07) is 3.48. The highest BCUT2D eigenvalue weighted by atomic mass is 16.6. The van der Waals surface area contributed by atoms with Crippen molar-refractivity contribution < 1.29 is 48.1 Å². The van der Waals surface area contributed by atoms with Crippen molar-refractivity contribution in [3.63, 3.8) is 0 Å². The Balaban J connectivity index is 1.29. The summed E-state index contributed by atoms with van der Waals surface area (Å²) in [5.41, 5.74) is -3.12. The first-order valence-corrected chi connectivity index (χ1v) is 16.7. The van der Waals surface area contributed by atoms with E-state index in [0.717, 1.165) is 0 Å². The molecule has 268 valence electrons. The number of hydroxylamine groups is 1. The number of hydrogen-bond acceptors (Lipinski definition) is 11. The van der Waals surface area contributed by atoms with Gasteiger partial charge in [-0.05, 0) is 79.4 Å². The maximum Gasteiger partial charge on any atom is 0.329 e. The number of amidine groups is 1. The Morgan fingerprint density at radius 3 is 2.12 bits per heavy atom. The minimum absolute atomic E-state index is 0.0786. The molecular formula is C35H48N4O10.